The quantitative estimate of drug-likeness (QED) is 0.482. The highest BCUT2D eigenvalue weighted by molar-refractivity contribution is 4.68. The number of hydrogen-bond acceptors (Lipinski definition) is 2. The summed E-state index contributed by atoms with van der Waals surface area (Å²) in [4.78, 5) is 2.20. The van der Waals surface area contributed by atoms with E-state index in [0.29, 0.717) is 12.0 Å². The summed E-state index contributed by atoms with van der Waals surface area (Å²) in [6, 6.07) is 0. The monoisotopic (exact) mass is 129 g/mol. The van der Waals surface area contributed by atoms with Crippen LogP contribution < -0.4 is 0 Å². The van der Waals surface area contributed by atoms with Crippen molar-refractivity contribution in [1.82, 2.24) is 4.90 Å². The molecule has 1 heterocycles. The summed E-state index contributed by atoms with van der Waals surface area (Å²) in [5.74, 6) is 0.684. The lowest BCUT2D eigenvalue weighted by Crippen LogP contribution is -2.40. The van der Waals surface area contributed by atoms with E-state index >= 15 is 0 Å². The van der Waals surface area contributed by atoms with Crippen molar-refractivity contribution in [2.24, 2.45) is 5.92 Å². The van der Waals surface area contributed by atoms with Gasteiger partial charge in [0.25, 0.3) is 0 Å². The molecule has 0 radical (unpaired) electrons. The Morgan fingerprint density at radius 3 is 2.56 bits per heavy atom. The summed E-state index contributed by atoms with van der Waals surface area (Å²) < 4.78 is 5.43. The van der Waals surface area contributed by atoms with E-state index in [-0.39, 0.29) is 0 Å². The molecule has 0 aromatic rings. The minimum Gasteiger partial charge on any atom is -0.363 e. The van der Waals surface area contributed by atoms with E-state index in [9.17, 15) is 0 Å². The summed E-state index contributed by atoms with van der Waals surface area (Å²) in [5.41, 5.74) is 0. The minimum absolute atomic E-state index is 0.446. The molecule has 0 N–H and O–H groups in total. The molecule has 0 saturated carbocycles. The molecule has 0 spiro atoms. The molecule has 54 valence electrons. The van der Waals surface area contributed by atoms with Gasteiger partial charge in [-0.1, -0.05) is 6.92 Å². The molecule has 0 aliphatic carbocycles. The summed E-state index contributed by atoms with van der Waals surface area (Å²) in [6.45, 7) is 6.32. The molecule has 1 aliphatic rings. The maximum Gasteiger partial charge on any atom is 0.0991 e. The molecule has 2 nitrogen and oxygen atoms in total. The third-order valence-corrected chi connectivity index (χ3v) is 1.96. The van der Waals surface area contributed by atoms with Crippen LogP contribution in [0.15, 0.2) is 0 Å². The molecular formula is C7H15NO. The first-order chi connectivity index (χ1) is 4.20. The Balaban J connectivity index is 2.35. The van der Waals surface area contributed by atoms with Crippen molar-refractivity contribution in [3.05, 3.63) is 0 Å². The van der Waals surface area contributed by atoms with Crippen LogP contribution >= 0.6 is 0 Å². The SMILES string of the molecule is CC1CN(C)CO[C@H]1C. The van der Waals surface area contributed by atoms with Crippen LogP contribution in [0, 0.1) is 5.92 Å². The predicted molar refractivity (Wildman–Crippen MR) is 37.2 cm³/mol. The second kappa shape index (κ2) is 2.67. The lowest BCUT2D eigenvalue weighted by Gasteiger charge is -2.32. The Morgan fingerprint density at radius 1 is 1.44 bits per heavy atom. The first-order valence-corrected chi connectivity index (χ1v) is 3.50. The van der Waals surface area contributed by atoms with Gasteiger partial charge in [0.05, 0.1) is 12.8 Å². The van der Waals surface area contributed by atoms with Gasteiger partial charge in [-0.15, -0.1) is 0 Å². The van der Waals surface area contributed by atoms with E-state index in [0.717, 1.165) is 6.73 Å². The molecule has 2 atom stereocenters. The van der Waals surface area contributed by atoms with E-state index in [2.05, 4.69) is 25.8 Å². The summed E-state index contributed by atoms with van der Waals surface area (Å²) in [7, 11) is 2.09. The van der Waals surface area contributed by atoms with Crippen molar-refractivity contribution < 1.29 is 4.74 Å². The molecule has 1 saturated heterocycles. The van der Waals surface area contributed by atoms with Crippen LogP contribution in [0.2, 0.25) is 0 Å². The fourth-order valence-corrected chi connectivity index (χ4v) is 1.10. The van der Waals surface area contributed by atoms with Crippen molar-refractivity contribution in [2.45, 2.75) is 20.0 Å². The minimum atomic E-state index is 0.446. The van der Waals surface area contributed by atoms with E-state index < -0.39 is 0 Å². The largest absolute Gasteiger partial charge is 0.363 e. The molecule has 0 bridgehead atoms. The van der Waals surface area contributed by atoms with Gasteiger partial charge in [-0.05, 0) is 19.9 Å². The molecule has 1 aliphatic heterocycles. The van der Waals surface area contributed by atoms with E-state index in [4.69, 9.17) is 4.74 Å². The number of hydrogen-bond donors (Lipinski definition) is 0. The Morgan fingerprint density at radius 2 is 2.11 bits per heavy atom. The lowest BCUT2D eigenvalue weighted by atomic mass is 10.1. The van der Waals surface area contributed by atoms with Crippen molar-refractivity contribution in [3.63, 3.8) is 0 Å². The maximum atomic E-state index is 5.43. The zero-order valence-electron chi connectivity index (χ0n) is 6.42. The average molecular weight is 129 g/mol. The van der Waals surface area contributed by atoms with Crippen molar-refractivity contribution in [3.8, 4) is 0 Å². The zero-order valence-corrected chi connectivity index (χ0v) is 6.42. The Hall–Kier alpha value is -0.0800. The van der Waals surface area contributed by atoms with Crippen LogP contribution in [0.25, 0.3) is 0 Å². The fourth-order valence-electron chi connectivity index (χ4n) is 1.10. The highest BCUT2D eigenvalue weighted by Crippen LogP contribution is 2.13. The molecular weight excluding hydrogens is 114 g/mol. The van der Waals surface area contributed by atoms with Gasteiger partial charge >= 0.3 is 0 Å². The lowest BCUT2D eigenvalue weighted by molar-refractivity contribution is -0.0794. The van der Waals surface area contributed by atoms with Gasteiger partial charge in [0.2, 0.25) is 0 Å². The smallest absolute Gasteiger partial charge is 0.0991 e. The molecule has 0 amide bonds. The summed E-state index contributed by atoms with van der Waals surface area (Å²) >= 11 is 0. The second-order valence-corrected chi connectivity index (χ2v) is 3.02. The maximum absolute atomic E-state index is 5.43. The average Bonchev–Trinajstić information content (AvgIpc) is 1.80. The van der Waals surface area contributed by atoms with Gasteiger partial charge in [0, 0.05) is 6.54 Å². The normalized spacial score (nSPS) is 39.0. The first kappa shape index (κ1) is 7.03. The predicted octanol–water partition coefficient (Wildman–Crippen LogP) is 0.930. The topological polar surface area (TPSA) is 12.5 Å². The van der Waals surface area contributed by atoms with Crippen LogP contribution in [0.3, 0.4) is 0 Å². The molecule has 1 unspecified atom stereocenters. The van der Waals surface area contributed by atoms with E-state index in [1.807, 2.05) is 0 Å². The summed E-state index contributed by atoms with van der Waals surface area (Å²) in [6.07, 6.45) is 0.446. The Bertz CT molecular complexity index is 94.9. The zero-order chi connectivity index (χ0) is 6.85. The number of nitrogens with zero attached hydrogens (tertiary/aromatic N) is 1. The third-order valence-electron chi connectivity index (χ3n) is 1.96. The van der Waals surface area contributed by atoms with Gasteiger partial charge in [0.15, 0.2) is 0 Å². The highest BCUT2D eigenvalue weighted by atomic mass is 16.5. The van der Waals surface area contributed by atoms with Crippen LogP contribution in [-0.2, 0) is 4.74 Å². The molecule has 9 heavy (non-hydrogen) atoms. The molecule has 1 rings (SSSR count). The van der Waals surface area contributed by atoms with Crippen molar-refractivity contribution in [1.29, 1.82) is 0 Å². The van der Waals surface area contributed by atoms with Crippen LogP contribution in [-0.4, -0.2) is 31.3 Å². The fraction of sp³-hybridized carbons (Fsp3) is 1.00. The molecule has 1 fully saturated rings. The van der Waals surface area contributed by atoms with Crippen LogP contribution in [0.5, 0.6) is 0 Å². The van der Waals surface area contributed by atoms with Crippen molar-refractivity contribution >= 4 is 0 Å². The Kier molecular flexibility index (Phi) is 2.09. The standard InChI is InChI=1S/C7H15NO/c1-6-4-8(3)5-9-7(6)2/h6-7H,4-5H2,1-3H3/t6?,7-/m0/s1. The Labute approximate surface area is 56.8 Å². The summed E-state index contributed by atoms with van der Waals surface area (Å²) in [5, 5.41) is 0. The van der Waals surface area contributed by atoms with Gasteiger partial charge < -0.3 is 4.74 Å². The highest BCUT2D eigenvalue weighted by Gasteiger charge is 2.19. The van der Waals surface area contributed by atoms with Gasteiger partial charge in [-0.3, -0.25) is 4.90 Å². The van der Waals surface area contributed by atoms with Gasteiger partial charge in [-0.25, -0.2) is 0 Å². The van der Waals surface area contributed by atoms with Crippen LogP contribution in [0.4, 0.5) is 0 Å². The second-order valence-electron chi connectivity index (χ2n) is 3.02. The third kappa shape index (κ3) is 1.66. The van der Waals surface area contributed by atoms with Crippen molar-refractivity contribution in [2.75, 3.05) is 20.3 Å². The number of rotatable bonds is 0. The van der Waals surface area contributed by atoms with Gasteiger partial charge in [0.1, 0.15) is 0 Å². The van der Waals surface area contributed by atoms with Crippen LogP contribution in [0.1, 0.15) is 13.8 Å². The number of ether oxygens (including phenoxy) is 1. The molecule has 2 heteroatoms. The molecule has 0 aromatic heterocycles. The van der Waals surface area contributed by atoms with E-state index in [1.165, 1.54) is 6.54 Å². The first-order valence-electron chi connectivity index (χ1n) is 3.50. The van der Waals surface area contributed by atoms with E-state index in [1.54, 1.807) is 0 Å². The van der Waals surface area contributed by atoms with Gasteiger partial charge in [-0.2, -0.15) is 0 Å². The molecule has 0 aromatic carbocycles.